The minimum Gasteiger partial charge on any atom is -0.481 e. The molecule has 4 nitrogen and oxygen atoms in total. The summed E-state index contributed by atoms with van der Waals surface area (Å²) in [6, 6.07) is 17.1. The number of carbonyl (C=O) groups is 2. The fraction of sp³-hybridized carbons (Fsp3) is 0.333. The Bertz CT molecular complexity index is 712. The molecule has 4 heteroatoms. The number of rotatable bonds is 8. The van der Waals surface area contributed by atoms with Crippen LogP contribution in [0, 0.1) is 0 Å². The Morgan fingerprint density at radius 1 is 1.04 bits per heavy atom. The lowest BCUT2D eigenvalue weighted by molar-refractivity contribution is -0.127. The molecular formula is C21H25NO3. The van der Waals surface area contributed by atoms with E-state index in [0.717, 1.165) is 12.8 Å². The van der Waals surface area contributed by atoms with Gasteiger partial charge in [0.15, 0.2) is 11.9 Å². The second kappa shape index (κ2) is 9.02. The molecule has 0 unspecified atom stereocenters. The fourth-order valence-electron chi connectivity index (χ4n) is 2.51. The van der Waals surface area contributed by atoms with Crippen molar-refractivity contribution in [1.29, 1.82) is 0 Å². The molecule has 0 aliphatic carbocycles. The molecule has 2 aromatic rings. The molecule has 0 bridgehead atoms. The highest BCUT2D eigenvalue weighted by Crippen LogP contribution is 2.15. The molecule has 2 aromatic carbocycles. The van der Waals surface area contributed by atoms with E-state index in [1.807, 2.05) is 25.1 Å². The van der Waals surface area contributed by atoms with E-state index >= 15 is 0 Å². The molecule has 0 aliphatic heterocycles. The van der Waals surface area contributed by atoms with Crippen molar-refractivity contribution in [2.24, 2.45) is 0 Å². The highest BCUT2D eigenvalue weighted by Gasteiger charge is 2.17. The predicted molar refractivity (Wildman–Crippen MR) is 98.9 cm³/mol. The number of amides is 1. The summed E-state index contributed by atoms with van der Waals surface area (Å²) in [6.45, 7) is 5.20. The molecule has 0 heterocycles. The van der Waals surface area contributed by atoms with Crippen LogP contribution in [0.5, 0.6) is 5.75 Å². The molecule has 0 aliphatic rings. The quantitative estimate of drug-likeness (QED) is 0.744. The number of ketones is 1. The van der Waals surface area contributed by atoms with Gasteiger partial charge in [0.1, 0.15) is 5.75 Å². The molecular weight excluding hydrogens is 314 g/mol. The monoisotopic (exact) mass is 339 g/mol. The first-order valence-corrected chi connectivity index (χ1v) is 8.57. The summed E-state index contributed by atoms with van der Waals surface area (Å²) >= 11 is 0. The van der Waals surface area contributed by atoms with Gasteiger partial charge in [-0.25, -0.2) is 0 Å². The Hall–Kier alpha value is -2.62. The third-order valence-corrected chi connectivity index (χ3v) is 4.02. The van der Waals surface area contributed by atoms with Crippen LogP contribution >= 0.6 is 0 Å². The van der Waals surface area contributed by atoms with Crippen LogP contribution in [0.3, 0.4) is 0 Å². The van der Waals surface area contributed by atoms with E-state index in [4.69, 9.17) is 4.74 Å². The summed E-state index contributed by atoms with van der Waals surface area (Å²) < 4.78 is 5.67. The first-order chi connectivity index (χ1) is 12.0. The molecule has 132 valence electrons. The van der Waals surface area contributed by atoms with Gasteiger partial charge in [0.2, 0.25) is 0 Å². The minimum atomic E-state index is -0.624. The van der Waals surface area contributed by atoms with Crippen LogP contribution in [0.1, 0.15) is 43.1 Å². The van der Waals surface area contributed by atoms with Crippen LogP contribution in [0.15, 0.2) is 54.6 Å². The zero-order chi connectivity index (χ0) is 18.2. The summed E-state index contributed by atoms with van der Waals surface area (Å²) in [4.78, 5) is 23.7. The van der Waals surface area contributed by atoms with Gasteiger partial charge >= 0.3 is 0 Å². The first kappa shape index (κ1) is 18.7. The minimum absolute atomic E-state index is 0.0305. The van der Waals surface area contributed by atoms with E-state index in [-0.39, 0.29) is 17.7 Å². The van der Waals surface area contributed by atoms with Crippen LogP contribution < -0.4 is 10.1 Å². The SMILES string of the molecule is CC(=O)c1cccc(O[C@H](C)C(=O)N[C@H](C)CCc2ccccc2)c1. The molecule has 1 amide bonds. The van der Waals surface area contributed by atoms with E-state index in [9.17, 15) is 9.59 Å². The number of aryl methyl sites for hydroxylation is 1. The van der Waals surface area contributed by atoms with Gasteiger partial charge in [0, 0.05) is 11.6 Å². The lowest BCUT2D eigenvalue weighted by atomic mass is 10.1. The van der Waals surface area contributed by atoms with Crippen molar-refractivity contribution in [3.63, 3.8) is 0 Å². The molecule has 25 heavy (non-hydrogen) atoms. The van der Waals surface area contributed by atoms with Crippen LogP contribution in [0.2, 0.25) is 0 Å². The van der Waals surface area contributed by atoms with Crippen molar-refractivity contribution in [1.82, 2.24) is 5.32 Å². The molecule has 1 N–H and O–H groups in total. The molecule has 0 spiro atoms. The lowest BCUT2D eigenvalue weighted by Crippen LogP contribution is -2.41. The molecule has 0 saturated carbocycles. The van der Waals surface area contributed by atoms with Gasteiger partial charge in [-0.1, -0.05) is 42.5 Å². The average molecular weight is 339 g/mol. The van der Waals surface area contributed by atoms with E-state index in [1.165, 1.54) is 12.5 Å². The number of benzene rings is 2. The van der Waals surface area contributed by atoms with Crippen LogP contribution in [0.25, 0.3) is 0 Å². The number of hydrogen-bond donors (Lipinski definition) is 1. The number of hydrogen-bond acceptors (Lipinski definition) is 3. The number of carbonyl (C=O) groups excluding carboxylic acids is 2. The number of ether oxygens (including phenoxy) is 1. The van der Waals surface area contributed by atoms with Gasteiger partial charge in [-0.3, -0.25) is 9.59 Å². The maximum atomic E-state index is 12.3. The summed E-state index contributed by atoms with van der Waals surface area (Å²) in [5.41, 5.74) is 1.83. The second-order valence-electron chi connectivity index (χ2n) is 6.28. The third kappa shape index (κ3) is 6.07. The van der Waals surface area contributed by atoms with Gasteiger partial charge in [0.25, 0.3) is 5.91 Å². The second-order valence-corrected chi connectivity index (χ2v) is 6.28. The number of Topliss-reactive ketones (excluding diaryl/α,β-unsaturated/α-hetero) is 1. The molecule has 0 saturated heterocycles. The van der Waals surface area contributed by atoms with E-state index in [2.05, 4.69) is 17.4 Å². The highest BCUT2D eigenvalue weighted by atomic mass is 16.5. The molecule has 2 atom stereocenters. The zero-order valence-corrected chi connectivity index (χ0v) is 15.0. The molecule has 0 fully saturated rings. The van der Waals surface area contributed by atoms with Gasteiger partial charge in [-0.05, 0) is 51.3 Å². The van der Waals surface area contributed by atoms with Gasteiger partial charge in [-0.15, -0.1) is 0 Å². The van der Waals surface area contributed by atoms with E-state index in [0.29, 0.717) is 11.3 Å². The lowest BCUT2D eigenvalue weighted by Gasteiger charge is -2.19. The van der Waals surface area contributed by atoms with Crippen LogP contribution in [-0.4, -0.2) is 23.8 Å². The van der Waals surface area contributed by atoms with Crippen molar-refractivity contribution >= 4 is 11.7 Å². The van der Waals surface area contributed by atoms with Crippen molar-refractivity contribution in [2.45, 2.75) is 45.8 Å². The standard InChI is InChI=1S/C21H25NO3/c1-15(12-13-18-8-5-4-6-9-18)22-21(24)17(3)25-20-11-7-10-19(14-20)16(2)23/h4-11,14-15,17H,12-13H2,1-3H3,(H,22,24)/t15-,17-/m1/s1. The molecule has 0 radical (unpaired) electrons. The fourth-order valence-corrected chi connectivity index (χ4v) is 2.51. The third-order valence-electron chi connectivity index (χ3n) is 4.02. The summed E-state index contributed by atoms with van der Waals surface area (Å²) in [6.07, 6.45) is 1.15. The van der Waals surface area contributed by atoms with Gasteiger partial charge in [-0.2, -0.15) is 0 Å². The maximum absolute atomic E-state index is 12.3. The van der Waals surface area contributed by atoms with Crippen molar-refractivity contribution in [2.75, 3.05) is 0 Å². The van der Waals surface area contributed by atoms with Crippen LogP contribution in [-0.2, 0) is 11.2 Å². The summed E-state index contributed by atoms with van der Waals surface area (Å²) in [7, 11) is 0. The normalized spacial score (nSPS) is 12.9. The Morgan fingerprint density at radius 2 is 1.76 bits per heavy atom. The van der Waals surface area contributed by atoms with Gasteiger partial charge in [0.05, 0.1) is 0 Å². The van der Waals surface area contributed by atoms with E-state index in [1.54, 1.807) is 31.2 Å². The first-order valence-electron chi connectivity index (χ1n) is 8.57. The largest absolute Gasteiger partial charge is 0.481 e. The van der Waals surface area contributed by atoms with Gasteiger partial charge < -0.3 is 10.1 Å². The van der Waals surface area contributed by atoms with Crippen molar-refractivity contribution < 1.29 is 14.3 Å². The Kier molecular flexibility index (Phi) is 6.75. The molecule has 2 rings (SSSR count). The maximum Gasteiger partial charge on any atom is 0.260 e. The highest BCUT2D eigenvalue weighted by molar-refractivity contribution is 5.94. The smallest absolute Gasteiger partial charge is 0.260 e. The Morgan fingerprint density at radius 3 is 2.44 bits per heavy atom. The molecule has 0 aromatic heterocycles. The topological polar surface area (TPSA) is 55.4 Å². The average Bonchev–Trinajstić information content (AvgIpc) is 2.61. The van der Waals surface area contributed by atoms with Crippen molar-refractivity contribution in [3.05, 3.63) is 65.7 Å². The predicted octanol–water partition coefficient (Wildman–Crippen LogP) is 3.79. The summed E-state index contributed by atoms with van der Waals surface area (Å²) in [5, 5.41) is 2.98. The zero-order valence-electron chi connectivity index (χ0n) is 15.0. The number of nitrogens with one attached hydrogen (secondary N) is 1. The summed E-state index contributed by atoms with van der Waals surface area (Å²) in [5.74, 6) is 0.332. The Balaban J connectivity index is 1.83. The Labute approximate surface area is 149 Å². The van der Waals surface area contributed by atoms with Crippen molar-refractivity contribution in [3.8, 4) is 5.75 Å². The van der Waals surface area contributed by atoms with E-state index < -0.39 is 6.10 Å². The van der Waals surface area contributed by atoms with Crippen LogP contribution in [0.4, 0.5) is 0 Å².